The maximum absolute atomic E-state index is 12.8. The van der Waals surface area contributed by atoms with E-state index in [1.807, 2.05) is 0 Å². The van der Waals surface area contributed by atoms with Crippen LogP contribution in [0.4, 0.5) is 4.79 Å². The minimum Gasteiger partial charge on any atom is -0.497 e. The average Bonchev–Trinajstić information content (AvgIpc) is 3.05. The molecule has 3 rings (SSSR count). The number of carbonyl (C=O) groups is 2. The second kappa shape index (κ2) is 5.42. The van der Waals surface area contributed by atoms with Crippen molar-refractivity contribution in [1.82, 2.24) is 15.4 Å². The third-order valence-corrected chi connectivity index (χ3v) is 3.94. The Morgan fingerprint density at radius 3 is 2.57 bits per heavy atom. The molecule has 0 bridgehead atoms. The normalized spacial score (nSPS) is 20.7. The SMILES string of the molecule is COc1ccc([C@@]2(C)NC(=O)N(Cc3cc(C)on3)C2=O)cc1. The van der Waals surface area contributed by atoms with Gasteiger partial charge in [0, 0.05) is 6.07 Å². The summed E-state index contributed by atoms with van der Waals surface area (Å²) >= 11 is 0. The van der Waals surface area contributed by atoms with Crippen LogP contribution in [0.25, 0.3) is 0 Å². The number of benzene rings is 1. The second-order valence-electron chi connectivity index (χ2n) is 5.60. The van der Waals surface area contributed by atoms with Crippen LogP contribution in [-0.4, -0.2) is 29.1 Å². The van der Waals surface area contributed by atoms with Gasteiger partial charge in [0.15, 0.2) is 0 Å². The van der Waals surface area contributed by atoms with Crippen LogP contribution in [-0.2, 0) is 16.9 Å². The zero-order valence-corrected chi connectivity index (χ0v) is 13.1. The number of aryl methyl sites for hydroxylation is 1. The number of rotatable bonds is 4. The van der Waals surface area contributed by atoms with Gasteiger partial charge in [-0.3, -0.25) is 9.69 Å². The van der Waals surface area contributed by atoms with Crippen molar-refractivity contribution in [2.75, 3.05) is 7.11 Å². The van der Waals surface area contributed by atoms with Crippen LogP contribution >= 0.6 is 0 Å². The van der Waals surface area contributed by atoms with Crippen LogP contribution in [0.15, 0.2) is 34.9 Å². The molecule has 1 aromatic carbocycles. The summed E-state index contributed by atoms with van der Waals surface area (Å²) in [6.45, 7) is 3.51. The van der Waals surface area contributed by atoms with Crippen molar-refractivity contribution in [3.63, 3.8) is 0 Å². The number of carbonyl (C=O) groups excluding carboxylic acids is 2. The Kier molecular flexibility index (Phi) is 3.55. The number of imide groups is 1. The van der Waals surface area contributed by atoms with Crippen molar-refractivity contribution < 1.29 is 18.8 Å². The third-order valence-electron chi connectivity index (χ3n) is 3.94. The first-order chi connectivity index (χ1) is 10.9. The van der Waals surface area contributed by atoms with Gasteiger partial charge in [0.05, 0.1) is 13.7 Å². The lowest BCUT2D eigenvalue weighted by Gasteiger charge is -2.22. The first kappa shape index (κ1) is 15.1. The number of nitrogens with zero attached hydrogens (tertiary/aromatic N) is 2. The monoisotopic (exact) mass is 315 g/mol. The summed E-state index contributed by atoms with van der Waals surface area (Å²) in [6.07, 6.45) is 0. The Morgan fingerprint density at radius 2 is 2.00 bits per heavy atom. The lowest BCUT2D eigenvalue weighted by atomic mass is 9.92. The average molecular weight is 315 g/mol. The van der Waals surface area contributed by atoms with Crippen molar-refractivity contribution in [3.8, 4) is 5.75 Å². The molecule has 1 aromatic heterocycles. The highest BCUT2D eigenvalue weighted by atomic mass is 16.5. The molecule has 3 amide bonds. The van der Waals surface area contributed by atoms with Gasteiger partial charge in [0.25, 0.3) is 5.91 Å². The summed E-state index contributed by atoms with van der Waals surface area (Å²) < 4.78 is 10.1. The molecule has 0 spiro atoms. The van der Waals surface area contributed by atoms with E-state index in [0.717, 1.165) is 4.90 Å². The highest BCUT2D eigenvalue weighted by Crippen LogP contribution is 2.30. The van der Waals surface area contributed by atoms with E-state index in [-0.39, 0.29) is 12.5 Å². The van der Waals surface area contributed by atoms with E-state index in [4.69, 9.17) is 9.26 Å². The molecule has 0 radical (unpaired) electrons. The first-order valence-electron chi connectivity index (χ1n) is 7.15. The Bertz CT molecular complexity index is 753. The molecule has 1 aliphatic heterocycles. The molecule has 0 aliphatic carbocycles. The summed E-state index contributed by atoms with van der Waals surface area (Å²) in [5.74, 6) is 0.988. The quantitative estimate of drug-likeness (QED) is 0.872. The maximum Gasteiger partial charge on any atom is 0.325 e. The van der Waals surface area contributed by atoms with Crippen LogP contribution in [0, 0.1) is 6.92 Å². The van der Waals surface area contributed by atoms with Gasteiger partial charge in [-0.25, -0.2) is 4.79 Å². The molecule has 120 valence electrons. The van der Waals surface area contributed by atoms with E-state index in [1.165, 1.54) is 0 Å². The molecule has 23 heavy (non-hydrogen) atoms. The van der Waals surface area contributed by atoms with Crippen molar-refractivity contribution in [2.24, 2.45) is 0 Å². The standard InChI is InChI=1S/C16H17N3O4/c1-10-8-12(18-23-10)9-19-14(20)16(2,17-15(19)21)11-4-6-13(22-3)7-5-11/h4-8H,9H2,1-3H3,(H,17,21)/t16-/m1/s1. The Morgan fingerprint density at radius 1 is 1.30 bits per heavy atom. The number of hydrogen-bond acceptors (Lipinski definition) is 5. The van der Waals surface area contributed by atoms with Crippen LogP contribution in [0.3, 0.4) is 0 Å². The maximum atomic E-state index is 12.8. The highest BCUT2D eigenvalue weighted by molar-refractivity contribution is 6.07. The van der Waals surface area contributed by atoms with Crippen molar-refractivity contribution in [1.29, 1.82) is 0 Å². The van der Waals surface area contributed by atoms with Gasteiger partial charge in [-0.2, -0.15) is 0 Å². The molecular weight excluding hydrogens is 298 g/mol. The van der Waals surface area contributed by atoms with E-state index in [9.17, 15) is 9.59 Å². The van der Waals surface area contributed by atoms with Gasteiger partial charge in [0.2, 0.25) is 0 Å². The number of hydrogen-bond donors (Lipinski definition) is 1. The lowest BCUT2D eigenvalue weighted by molar-refractivity contribution is -0.131. The molecule has 1 fully saturated rings. The molecule has 0 unspecified atom stereocenters. The van der Waals surface area contributed by atoms with E-state index in [2.05, 4.69) is 10.5 Å². The van der Waals surface area contributed by atoms with Gasteiger partial charge in [-0.15, -0.1) is 0 Å². The molecule has 0 saturated carbocycles. The molecule has 2 aromatic rings. The van der Waals surface area contributed by atoms with E-state index in [0.29, 0.717) is 22.8 Å². The van der Waals surface area contributed by atoms with Crippen molar-refractivity contribution >= 4 is 11.9 Å². The molecule has 1 aliphatic rings. The zero-order valence-electron chi connectivity index (χ0n) is 13.1. The van der Waals surface area contributed by atoms with E-state index >= 15 is 0 Å². The van der Waals surface area contributed by atoms with Gasteiger partial charge in [-0.05, 0) is 31.5 Å². The molecule has 1 saturated heterocycles. The fraction of sp³-hybridized carbons (Fsp3) is 0.312. The van der Waals surface area contributed by atoms with Crippen LogP contribution in [0.1, 0.15) is 23.9 Å². The number of aromatic nitrogens is 1. The van der Waals surface area contributed by atoms with Gasteiger partial charge >= 0.3 is 6.03 Å². The summed E-state index contributed by atoms with van der Waals surface area (Å²) in [5, 5.41) is 6.58. The summed E-state index contributed by atoms with van der Waals surface area (Å²) in [4.78, 5) is 26.1. The van der Waals surface area contributed by atoms with Crippen LogP contribution in [0.2, 0.25) is 0 Å². The third kappa shape index (κ3) is 2.54. The number of nitrogens with one attached hydrogen (secondary N) is 1. The van der Waals surface area contributed by atoms with Crippen LogP contribution in [0.5, 0.6) is 5.75 Å². The molecule has 7 nitrogen and oxygen atoms in total. The predicted molar refractivity (Wildman–Crippen MR) is 80.7 cm³/mol. The molecule has 7 heteroatoms. The van der Waals surface area contributed by atoms with Gasteiger partial charge < -0.3 is 14.6 Å². The number of amides is 3. The largest absolute Gasteiger partial charge is 0.497 e. The molecule has 2 heterocycles. The van der Waals surface area contributed by atoms with Gasteiger partial charge in [0.1, 0.15) is 22.7 Å². The number of ether oxygens (including phenoxy) is 1. The lowest BCUT2D eigenvalue weighted by Crippen LogP contribution is -2.40. The number of methoxy groups -OCH3 is 1. The Labute approximate surface area is 133 Å². The molecular formula is C16H17N3O4. The number of urea groups is 1. The minimum atomic E-state index is -1.11. The van der Waals surface area contributed by atoms with E-state index < -0.39 is 11.6 Å². The second-order valence-corrected chi connectivity index (χ2v) is 5.60. The zero-order chi connectivity index (χ0) is 16.6. The predicted octanol–water partition coefficient (Wildman–Crippen LogP) is 1.96. The summed E-state index contributed by atoms with van der Waals surface area (Å²) in [7, 11) is 1.57. The van der Waals surface area contributed by atoms with E-state index in [1.54, 1.807) is 51.3 Å². The van der Waals surface area contributed by atoms with Crippen molar-refractivity contribution in [3.05, 3.63) is 47.3 Å². The molecule has 1 N–H and O–H groups in total. The van der Waals surface area contributed by atoms with Gasteiger partial charge in [-0.1, -0.05) is 17.3 Å². The summed E-state index contributed by atoms with van der Waals surface area (Å²) in [6, 6.07) is 8.28. The minimum absolute atomic E-state index is 0.0771. The Balaban J connectivity index is 1.86. The summed E-state index contributed by atoms with van der Waals surface area (Å²) in [5.41, 5.74) is 0.114. The topological polar surface area (TPSA) is 84.7 Å². The smallest absolute Gasteiger partial charge is 0.325 e. The molecule has 1 atom stereocenters. The first-order valence-corrected chi connectivity index (χ1v) is 7.15. The highest BCUT2D eigenvalue weighted by Gasteiger charge is 2.49. The van der Waals surface area contributed by atoms with Crippen LogP contribution < -0.4 is 10.1 Å². The fourth-order valence-corrected chi connectivity index (χ4v) is 2.62. The fourth-order valence-electron chi connectivity index (χ4n) is 2.62. The Hall–Kier alpha value is -2.83. The van der Waals surface area contributed by atoms with Crippen molar-refractivity contribution in [2.45, 2.75) is 25.9 Å².